The molecule has 1 aliphatic heterocycles. The molecule has 0 bridgehead atoms. The number of hydrogen-bond acceptors (Lipinski definition) is 4. The quantitative estimate of drug-likeness (QED) is 0.813. The van der Waals surface area contributed by atoms with Crippen molar-refractivity contribution in [3.05, 3.63) is 29.3 Å². The molecular weight excluding hydrogens is 337 g/mol. The number of carbonyl (C=O) groups excluding carboxylic acids is 1. The van der Waals surface area contributed by atoms with Gasteiger partial charge in [-0.05, 0) is 37.1 Å². The molecule has 1 fully saturated rings. The van der Waals surface area contributed by atoms with Crippen LogP contribution in [0.2, 0.25) is 0 Å². The Labute approximate surface area is 150 Å². The second-order valence-electron chi connectivity index (χ2n) is 5.48. The van der Waals surface area contributed by atoms with Crippen molar-refractivity contribution in [3.63, 3.8) is 0 Å². The van der Waals surface area contributed by atoms with Gasteiger partial charge in [0, 0.05) is 31.7 Å². The molecule has 1 amide bonds. The van der Waals surface area contributed by atoms with Crippen LogP contribution in [0.4, 0.5) is 5.69 Å². The summed E-state index contributed by atoms with van der Waals surface area (Å²) in [6.45, 7) is 6.98. The lowest BCUT2D eigenvalue weighted by Gasteiger charge is -2.26. The maximum absolute atomic E-state index is 11.8. The van der Waals surface area contributed by atoms with E-state index < -0.39 is 0 Å². The molecule has 0 aromatic heterocycles. The highest BCUT2D eigenvalue weighted by molar-refractivity contribution is 5.91. The molecule has 0 spiro atoms. The molecule has 3 N–H and O–H groups in total. The van der Waals surface area contributed by atoms with Crippen molar-refractivity contribution in [2.24, 2.45) is 5.73 Å². The second kappa shape index (κ2) is 11.6. The number of carbonyl (C=O) groups is 1. The Hall–Kier alpha value is -0.850. The molecule has 1 heterocycles. The molecule has 23 heavy (non-hydrogen) atoms. The van der Waals surface area contributed by atoms with E-state index in [1.54, 1.807) is 0 Å². The van der Waals surface area contributed by atoms with Crippen molar-refractivity contribution >= 4 is 36.4 Å². The molecule has 1 aromatic rings. The number of hydrogen-bond donors (Lipinski definition) is 2. The van der Waals surface area contributed by atoms with Crippen molar-refractivity contribution in [1.82, 2.24) is 4.90 Å². The van der Waals surface area contributed by atoms with E-state index in [0.29, 0.717) is 13.0 Å². The van der Waals surface area contributed by atoms with Gasteiger partial charge in [-0.25, -0.2) is 0 Å². The van der Waals surface area contributed by atoms with E-state index in [4.69, 9.17) is 10.5 Å². The van der Waals surface area contributed by atoms with Gasteiger partial charge in [0.05, 0.1) is 13.2 Å². The predicted molar refractivity (Wildman–Crippen MR) is 98.7 cm³/mol. The van der Waals surface area contributed by atoms with Gasteiger partial charge in [-0.15, -0.1) is 24.8 Å². The first-order chi connectivity index (χ1) is 10.2. The number of amides is 1. The summed E-state index contributed by atoms with van der Waals surface area (Å²) >= 11 is 0. The first kappa shape index (κ1) is 22.1. The molecule has 132 valence electrons. The molecule has 0 saturated carbocycles. The molecule has 0 atom stereocenters. The van der Waals surface area contributed by atoms with Gasteiger partial charge in [-0.3, -0.25) is 9.69 Å². The number of rotatable bonds is 6. The average Bonchev–Trinajstić information content (AvgIpc) is 2.49. The van der Waals surface area contributed by atoms with Crippen LogP contribution in [0.5, 0.6) is 0 Å². The summed E-state index contributed by atoms with van der Waals surface area (Å²) in [5.41, 5.74) is 8.64. The highest BCUT2D eigenvalue weighted by Gasteiger charge is 2.12. The third-order valence-corrected chi connectivity index (χ3v) is 3.69. The first-order valence-electron chi connectivity index (χ1n) is 7.58. The van der Waals surface area contributed by atoms with Crippen molar-refractivity contribution in [2.75, 3.05) is 38.2 Å². The Morgan fingerprint density at radius 1 is 1.30 bits per heavy atom. The van der Waals surface area contributed by atoms with Gasteiger partial charge < -0.3 is 15.8 Å². The molecule has 2 rings (SSSR count). The normalized spacial score (nSPS) is 14.5. The summed E-state index contributed by atoms with van der Waals surface area (Å²) in [6, 6.07) is 6.26. The maximum atomic E-state index is 11.8. The van der Waals surface area contributed by atoms with Crippen molar-refractivity contribution in [1.29, 1.82) is 0 Å². The average molecular weight is 364 g/mol. The van der Waals surface area contributed by atoms with Gasteiger partial charge >= 0.3 is 0 Å². The molecule has 0 unspecified atom stereocenters. The van der Waals surface area contributed by atoms with Crippen LogP contribution in [-0.4, -0.2) is 43.7 Å². The van der Waals surface area contributed by atoms with Crippen LogP contribution >= 0.6 is 24.8 Å². The Kier molecular flexibility index (Phi) is 11.2. The summed E-state index contributed by atoms with van der Waals surface area (Å²) in [5.74, 6) is 0.0343. The van der Waals surface area contributed by atoms with Gasteiger partial charge in [-0.2, -0.15) is 0 Å². The van der Waals surface area contributed by atoms with Crippen molar-refractivity contribution < 1.29 is 9.53 Å². The summed E-state index contributed by atoms with van der Waals surface area (Å²) in [6.07, 6.45) is 1.20. The van der Waals surface area contributed by atoms with Gasteiger partial charge in [0.15, 0.2) is 0 Å². The molecule has 1 saturated heterocycles. The van der Waals surface area contributed by atoms with Crippen LogP contribution in [0.15, 0.2) is 18.2 Å². The molecule has 0 aliphatic carbocycles. The van der Waals surface area contributed by atoms with Crippen LogP contribution in [0, 0.1) is 6.92 Å². The SMILES string of the molecule is Cc1ccc(CN2CCOCC2)cc1NC(=O)CCCN.Cl.Cl. The van der Waals surface area contributed by atoms with Crippen LogP contribution < -0.4 is 11.1 Å². The topological polar surface area (TPSA) is 67.6 Å². The van der Waals surface area contributed by atoms with Gasteiger partial charge in [0.2, 0.25) is 5.91 Å². The fourth-order valence-electron chi connectivity index (χ4n) is 2.39. The largest absolute Gasteiger partial charge is 0.379 e. The number of nitrogens with one attached hydrogen (secondary N) is 1. The zero-order chi connectivity index (χ0) is 15.1. The minimum atomic E-state index is 0. The van der Waals surface area contributed by atoms with E-state index in [9.17, 15) is 4.79 Å². The third kappa shape index (κ3) is 7.50. The van der Waals surface area contributed by atoms with Gasteiger partial charge in [-0.1, -0.05) is 12.1 Å². The van der Waals surface area contributed by atoms with E-state index >= 15 is 0 Å². The monoisotopic (exact) mass is 363 g/mol. The Balaban J connectivity index is 0.00000242. The smallest absolute Gasteiger partial charge is 0.224 e. The van der Waals surface area contributed by atoms with E-state index in [1.165, 1.54) is 5.56 Å². The fraction of sp³-hybridized carbons (Fsp3) is 0.562. The van der Waals surface area contributed by atoms with Gasteiger partial charge in [0.25, 0.3) is 0 Å². The Bertz CT molecular complexity index is 480. The molecule has 5 nitrogen and oxygen atoms in total. The highest BCUT2D eigenvalue weighted by atomic mass is 35.5. The van der Waals surface area contributed by atoms with Crippen molar-refractivity contribution in [2.45, 2.75) is 26.3 Å². The summed E-state index contributed by atoms with van der Waals surface area (Å²) in [7, 11) is 0. The number of nitrogens with two attached hydrogens (primary N) is 1. The fourth-order valence-corrected chi connectivity index (χ4v) is 2.39. The van der Waals surface area contributed by atoms with Crippen LogP contribution in [0.1, 0.15) is 24.0 Å². The summed E-state index contributed by atoms with van der Waals surface area (Å²) < 4.78 is 5.36. The summed E-state index contributed by atoms with van der Waals surface area (Å²) in [5, 5.41) is 2.98. The zero-order valence-corrected chi connectivity index (χ0v) is 15.2. The highest BCUT2D eigenvalue weighted by Crippen LogP contribution is 2.19. The van der Waals surface area contributed by atoms with Crippen molar-refractivity contribution in [3.8, 4) is 0 Å². The lowest BCUT2D eigenvalue weighted by molar-refractivity contribution is -0.116. The molecule has 1 aliphatic rings. The molecule has 1 aromatic carbocycles. The van der Waals surface area contributed by atoms with E-state index in [-0.39, 0.29) is 30.7 Å². The second-order valence-corrected chi connectivity index (χ2v) is 5.48. The first-order valence-corrected chi connectivity index (χ1v) is 7.58. The Morgan fingerprint density at radius 2 is 2.00 bits per heavy atom. The predicted octanol–water partition coefficient (Wildman–Crippen LogP) is 2.35. The Morgan fingerprint density at radius 3 is 2.65 bits per heavy atom. The number of aryl methyl sites for hydroxylation is 1. The number of nitrogens with zero attached hydrogens (tertiary/aromatic N) is 1. The molecular formula is C16H27Cl2N3O2. The number of ether oxygens (including phenoxy) is 1. The van der Waals surface area contributed by atoms with Crippen LogP contribution in [0.25, 0.3) is 0 Å². The summed E-state index contributed by atoms with van der Waals surface area (Å²) in [4.78, 5) is 14.2. The van der Waals surface area contributed by atoms with Crippen LogP contribution in [-0.2, 0) is 16.1 Å². The molecule has 0 radical (unpaired) electrons. The zero-order valence-electron chi connectivity index (χ0n) is 13.5. The minimum Gasteiger partial charge on any atom is -0.379 e. The lowest BCUT2D eigenvalue weighted by Crippen LogP contribution is -2.35. The van der Waals surface area contributed by atoms with E-state index in [2.05, 4.69) is 28.4 Å². The number of halogens is 2. The maximum Gasteiger partial charge on any atom is 0.224 e. The third-order valence-electron chi connectivity index (χ3n) is 3.69. The standard InChI is InChI=1S/C16H25N3O2.2ClH/c1-13-4-5-14(12-19-7-9-21-10-8-19)11-15(13)18-16(20)3-2-6-17;;/h4-5,11H,2-3,6-10,12,17H2,1H3,(H,18,20);2*1H. The van der Waals surface area contributed by atoms with E-state index in [0.717, 1.165) is 50.5 Å². The molecule has 7 heteroatoms. The lowest BCUT2D eigenvalue weighted by atomic mass is 10.1. The minimum absolute atomic E-state index is 0. The van der Waals surface area contributed by atoms with Gasteiger partial charge in [0.1, 0.15) is 0 Å². The van der Waals surface area contributed by atoms with E-state index in [1.807, 2.05) is 6.92 Å². The number of anilines is 1. The van der Waals surface area contributed by atoms with Crippen LogP contribution in [0.3, 0.4) is 0 Å². The number of benzene rings is 1. The number of morpholine rings is 1.